The molecule has 2 heterocycles. The Bertz CT molecular complexity index is 637. The molecule has 0 saturated heterocycles. The quantitative estimate of drug-likeness (QED) is 0.720. The zero-order valence-electron chi connectivity index (χ0n) is 9.58. The van der Waals surface area contributed by atoms with Crippen LogP contribution in [0.1, 0.15) is 18.6 Å². The molecule has 0 unspecified atom stereocenters. The minimum atomic E-state index is -0.402. The fourth-order valence-corrected chi connectivity index (χ4v) is 1.40. The number of aryl methyl sites for hydroxylation is 2. The average molecular weight is 236 g/mol. The predicted octanol–water partition coefficient (Wildman–Crippen LogP) is -0.459. The van der Waals surface area contributed by atoms with E-state index in [1.807, 2.05) is 6.92 Å². The minimum absolute atomic E-state index is 0.0237. The summed E-state index contributed by atoms with van der Waals surface area (Å²) in [5.41, 5.74) is -0.781. The van der Waals surface area contributed by atoms with Gasteiger partial charge >= 0.3 is 5.69 Å². The van der Waals surface area contributed by atoms with Crippen LogP contribution in [0.25, 0.3) is 0 Å². The molecule has 90 valence electrons. The van der Waals surface area contributed by atoms with Crippen molar-refractivity contribution < 1.29 is 4.52 Å². The van der Waals surface area contributed by atoms with Crippen LogP contribution in [-0.2, 0) is 20.0 Å². The number of rotatable bonds is 3. The Morgan fingerprint density at radius 2 is 2.18 bits per heavy atom. The maximum absolute atomic E-state index is 11.7. The van der Waals surface area contributed by atoms with Crippen molar-refractivity contribution in [2.45, 2.75) is 19.9 Å². The van der Waals surface area contributed by atoms with Gasteiger partial charge in [-0.15, -0.1) is 0 Å². The highest BCUT2D eigenvalue weighted by atomic mass is 16.5. The molecule has 0 fully saturated rings. The monoisotopic (exact) mass is 236 g/mol. The minimum Gasteiger partial charge on any atom is -0.339 e. The Hall–Kier alpha value is -2.18. The molecule has 7 nitrogen and oxygen atoms in total. The molecule has 0 radical (unpaired) electrons. The normalized spacial score (nSPS) is 10.7. The van der Waals surface area contributed by atoms with E-state index in [1.54, 1.807) is 7.05 Å². The molecule has 0 spiro atoms. The van der Waals surface area contributed by atoms with Crippen LogP contribution in [0.3, 0.4) is 0 Å². The van der Waals surface area contributed by atoms with Gasteiger partial charge in [-0.05, 0) is 0 Å². The molecule has 17 heavy (non-hydrogen) atoms. The first-order chi connectivity index (χ1) is 8.11. The van der Waals surface area contributed by atoms with Crippen LogP contribution in [0, 0.1) is 0 Å². The molecule has 0 saturated carbocycles. The fourth-order valence-electron chi connectivity index (χ4n) is 1.40. The largest absolute Gasteiger partial charge is 0.339 e. The lowest BCUT2D eigenvalue weighted by molar-refractivity contribution is 0.375. The second kappa shape index (κ2) is 4.36. The molecule has 0 aliphatic rings. The Morgan fingerprint density at radius 1 is 1.41 bits per heavy atom. The van der Waals surface area contributed by atoms with Gasteiger partial charge in [0.05, 0.1) is 6.54 Å². The third-order valence-corrected chi connectivity index (χ3v) is 2.35. The maximum Gasteiger partial charge on any atom is 0.331 e. The summed E-state index contributed by atoms with van der Waals surface area (Å²) < 4.78 is 7.29. The Morgan fingerprint density at radius 3 is 2.82 bits per heavy atom. The van der Waals surface area contributed by atoms with Crippen molar-refractivity contribution in [1.29, 1.82) is 0 Å². The predicted molar refractivity (Wildman–Crippen MR) is 58.7 cm³/mol. The molecule has 2 aromatic rings. The van der Waals surface area contributed by atoms with E-state index in [4.69, 9.17) is 4.52 Å². The van der Waals surface area contributed by atoms with Crippen LogP contribution in [-0.4, -0.2) is 19.3 Å². The van der Waals surface area contributed by atoms with Crippen molar-refractivity contribution in [2.24, 2.45) is 7.05 Å². The highest BCUT2D eigenvalue weighted by molar-refractivity contribution is 4.91. The lowest BCUT2D eigenvalue weighted by Crippen LogP contribution is -2.38. The zero-order valence-corrected chi connectivity index (χ0v) is 9.58. The molecule has 0 aliphatic carbocycles. The summed E-state index contributed by atoms with van der Waals surface area (Å²) in [6.07, 6.45) is 2.05. The van der Waals surface area contributed by atoms with Gasteiger partial charge in [0.25, 0.3) is 5.56 Å². The molecule has 2 aromatic heterocycles. The fraction of sp³-hybridized carbons (Fsp3) is 0.400. The summed E-state index contributed by atoms with van der Waals surface area (Å²) in [5, 5.41) is 3.70. The van der Waals surface area contributed by atoms with Crippen LogP contribution in [0.2, 0.25) is 0 Å². The Labute approximate surface area is 96.3 Å². The molecule has 2 rings (SSSR count). The van der Waals surface area contributed by atoms with E-state index in [9.17, 15) is 9.59 Å². The summed E-state index contributed by atoms with van der Waals surface area (Å²) in [4.78, 5) is 27.3. The maximum atomic E-state index is 11.7. The van der Waals surface area contributed by atoms with Gasteiger partial charge in [0.15, 0.2) is 5.82 Å². The molecule has 7 heteroatoms. The van der Waals surface area contributed by atoms with Gasteiger partial charge in [0, 0.05) is 25.7 Å². The third-order valence-electron chi connectivity index (χ3n) is 2.35. The van der Waals surface area contributed by atoms with Crippen molar-refractivity contribution >= 4 is 0 Å². The summed E-state index contributed by atoms with van der Waals surface area (Å²) in [6.45, 7) is 1.90. The van der Waals surface area contributed by atoms with E-state index in [0.29, 0.717) is 18.1 Å². The molecule has 0 atom stereocenters. The van der Waals surface area contributed by atoms with Crippen molar-refractivity contribution in [3.8, 4) is 0 Å². The van der Waals surface area contributed by atoms with Crippen LogP contribution in [0.4, 0.5) is 0 Å². The molecule has 0 bridgehead atoms. The first kappa shape index (κ1) is 11.3. The summed E-state index contributed by atoms with van der Waals surface area (Å²) in [6, 6.07) is 1.32. The van der Waals surface area contributed by atoms with E-state index in [-0.39, 0.29) is 12.1 Å². The first-order valence-corrected chi connectivity index (χ1v) is 5.19. The van der Waals surface area contributed by atoms with Crippen molar-refractivity contribution in [2.75, 3.05) is 0 Å². The van der Waals surface area contributed by atoms with Gasteiger partial charge in [-0.1, -0.05) is 12.1 Å². The van der Waals surface area contributed by atoms with Crippen LogP contribution < -0.4 is 11.2 Å². The molecule has 0 N–H and O–H groups in total. The lowest BCUT2D eigenvalue weighted by atomic mass is 10.5. The van der Waals surface area contributed by atoms with Crippen molar-refractivity contribution in [3.63, 3.8) is 0 Å². The summed E-state index contributed by atoms with van der Waals surface area (Å²) in [7, 11) is 1.58. The van der Waals surface area contributed by atoms with E-state index in [1.165, 1.54) is 16.8 Å². The molecule has 0 aromatic carbocycles. The lowest BCUT2D eigenvalue weighted by Gasteiger charge is -2.02. The van der Waals surface area contributed by atoms with E-state index >= 15 is 0 Å². The van der Waals surface area contributed by atoms with Crippen molar-refractivity contribution in [1.82, 2.24) is 19.3 Å². The topological polar surface area (TPSA) is 82.9 Å². The van der Waals surface area contributed by atoms with Gasteiger partial charge < -0.3 is 9.09 Å². The number of nitrogens with zero attached hydrogens (tertiary/aromatic N) is 4. The smallest absolute Gasteiger partial charge is 0.331 e. The summed E-state index contributed by atoms with van der Waals surface area (Å²) >= 11 is 0. The van der Waals surface area contributed by atoms with Gasteiger partial charge in [-0.3, -0.25) is 9.36 Å². The number of hydrogen-bond donors (Lipinski definition) is 0. The molecular weight excluding hydrogens is 224 g/mol. The molecule has 0 amide bonds. The zero-order chi connectivity index (χ0) is 12.4. The molecule has 0 aliphatic heterocycles. The van der Waals surface area contributed by atoms with E-state index < -0.39 is 5.69 Å². The SMILES string of the molecule is CCc1nc(Cn2c(=O)ccn(C)c2=O)no1. The highest BCUT2D eigenvalue weighted by Gasteiger charge is 2.09. The molecular formula is C10H12N4O3. The van der Waals surface area contributed by atoms with Crippen molar-refractivity contribution in [3.05, 3.63) is 44.8 Å². The average Bonchev–Trinajstić information content (AvgIpc) is 2.77. The summed E-state index contributed by atoms with van der Waals surface area (Å²) in [5.74, 6) is 0.813. The second-order valence-corrected chi connectivity index (χ2v) is 3.59. The second-order valence-electron chi connectivity index (χ2n) is 3.59. The standard InChI is InChI=1S/C10H12N4O3/c1-3-8-11-7(12-17-8)6-14-9(15)4-5-13(2)10(14)16/h4-5H,3,6H2,1-2H3. The van der Waals surface area contributed by atoms with Gasteiger partial charge in [0.1, 0.15) is 0 Å². The van der Waals surface area contributed by atoms with Crippen LogP contribution in [0.15, 0.2) is 26.4 Å². The number of hydrogen-bond acceptors (Lipinski definition) is 5. The third kappa shape index (κ3) is 2.17. The number of aromatic nitrogens is 4. The van der Waals surface area contributed by atoms with Gasteiger partial charge in [-0.25, -0.2) is 4.79 Å². The van der Waals surface area contributed by atoms with E-state index in [2.05, 4.69) is 10.1 Å². The highest BCUT2D eigenvalue weighted by Crippen LogP contribution is 1.98. The van der Waals surface area contributed by atoms with Crippen LogP contribution >= 0.6 is 0 Å². The van der Waals surface area contributed by atoms with E-state index in [0.717, 1.165) is 4.57 Å². The van der Waals surface area contributed by atoms with Crippen LogP contribution in [0.5, 0.6) is 0 Å². The Kier molecular flexibility index (Phi) is 2.90. The van der Waals surface area contributed by atoms with Gasteiger partial charge in [-0.2, -0.15) is 4.98 Å². The first-order valence-electron chi connectivity index (χ1n) is 5.19. The van der Waals surface area contributed by atoms with Gasteiger partial charge in [0.2, 0.25) is 5.89 Å². The Balaban J connectivity index is 2.39.